The zero-order valence-corrected chi connectivity index (χ0v) is 5.44. The molecule has 1 saturated heterocycles. The predicted octanol–water partition coefficient (Wildman–Crippen LogP) is 0.954. The van der Waals surface area contributed by atoms with Gasteiger partial charge in [-0.25, -0.2) is 4.39 Å². The van der Waals surface area contributed by atoms with Crippen LogP contribution in [0.4, 0.5) is 4.39 Å². The number of rotatable bonds is 1. The SMILES string of the molecule is F[C@@H]1CNC[C@H]1C1CC1. The van der Waals surface area contributed by atoms with E-state index in [0.29, 0.717) is 12.5 Å². The van der Waals surface area contributed by atoms with Crippen molar-refractivity contribution in [3.05, 3.63) is 0 Å². The van der Waals surface area contributed by atoms with Crippen LogP contribution in [0.15, 0.2) is 0 Å². The number of halogens is 1. The van der Waals surface area contributed by atoms with Crippen molar-refractivity contribution >= 4 is 0 Å². The van der Waals surface area contributed by atoms with Crippen molar-refractivity contribution in [1.82, 2.24) is 5.32 Å². The van der Waals surface area contributed by atoms with Crippen molar-refractivity contribution in [2.75, 3.05) is 13.1 Å². The van der Waals surface area contributed by atoms with Crippen molar-refractivity contribution < 1.29 is 4.39 Å². The fourth-order valence-corrected chi connectivity index (χ4v) is 1.65. The second kappa shape index (κ2) is 1.94. The monoisotopic (exact) mass is 129 g/mol. The van der Waals surface area contributed by atoms with Crippen LogP contribution >= 0.6 is 0 Å². The maximum Gasteiger partial charge on any atom is 0.117 e. The van der Waals surface area contributed by atoms with Gasteiger partial charge in [-0.3, -0.25) is 0 Å². The molecule has 2 aliphatic rings. The molecule has 0 aromatic heterocycles. The summed E-state index contributed by atoms with van der Waals surface area (Å²) in [6.07, 6.45) is 2.00. The van der Waals surface area contributed by atoms with E-state index < -0.39 is 6.17 Å². The van der Waals surface area contributed by atoms with Crippen LogP contribution in [0.25, 0.3) is 0 Å². The first-order chi connectivity index (χ1) is 4.38. The number of hydrogen-bond acceptors (Lipinski definition) is 1. The Labute approximate surface area is 54.6 Å². The topological polar surface area (TPSA) is 12.0 Å². The average molecular weight is 129 g/mol. The van der Waals surface area contributed by atoms with E-state index in [1.54, 1.807) is 0 Å². The summed E-state index contributed by atoms with van der Waals surface area (Å²) in [4.78, 5) is 0. The highest BCUT2D eigenvalue weighted by Crippen LogP contribution is 2.40. The van der Waals surface area contributed by atoms with Gasteiger partial charge in [0, 0.05) is 19.0 Å². The van der Waals surface area contributed by atoms with Gasteiger partial charge >= 0.3 is 0 Å². The highest BCUT2D eigenvalue weighted by atomic mass is 19.1. The third-order valence-electron chi connectivity index (χ3n) is 2.41. The minimum atomic E-state index is -0.544. The Bertz CT molecular complexity index is 111. The highest BCUT2D eigenvalue weighted by molar-refractivity contribution is 4.91. The fraction of sp³-hybridized carbons (Fsp3) is 1.00. The van der Waals surface area contributed by atoms with Gasteiger partial charge in [0.05, 0.1) is 0 Å². The molecule has 2 rings (SSSR count). The van der Waals surface area contributed by atoms with Gasteiger partial charge in [-0.2, -0.15) is 0 Å². The van der Waals surface area contributed by atoms with Crippen LogP contribution in [-0.2, 0) is 0 Å². The van der Waals surface area contributed by atoms with E-state index in [2.05, 4.69) is 5.32 Å². The van der Waals surface area contributed by atoms with Gasteiger partial charge in [0.2, 0.25) is 0 Å². The van der Waals surface area contributed by atoms with Gasteiger partial charge in [0.1, 0.15) is 6.17 Å². The first kappa shape index (κ1) is 5.66. The van der Waals surface area contributed by atoms with Crippen molar-refractivity contribution in [3.63, 3.8) is 0 Å². The summed E-state index contributed by atoms with van der Waals surface area (Å²) in [7, 11) is 0. The smallest absolute Gasteiger partial charge is 0.117 e. The lowest BCUT2D eigenvalue weighted by Gasteiger charge is -2.07. The summed E-state index contributed by atoms with van der Waals surface area (Å²) in [5.74, 6) is 1.10. The van der Waals surface area contributed by atoms with E-state index in [1.165, 1.54) is 12.8 Å². The summed E-state index contributed by atoms with van der Waals surface area (Å²) in [5.41, 5.74) is 0. The van der Waals surface area contributed by atoms with Gasteiger partial charge in [0.15, 0.2) is 0 Å². The molecule has 1 saturated carbocycles. The summed E-state index contributed by atoms with van der Waals surface area (Å²) in [5, 5.41) is 3.07. The molecule has 2 atom stereocenters. The van der Waals surface area contributed by atoms with E-state index in [1.807, 2.05) is 0 Å². The molecule has 1 aliphatic carbocycles. The second-order valence-corrected chi connectivity index (χ2v) is 3.18. The van der Waals surface area contributed by atoms with E-state index in [0.717, 1.165) is 12.5 Å². The molecular weight excluding hydrogens is 117 g/mol. The van der Waals surface area contributed by atoms with Crippen LogP contribution < -0.4 is 5.32 Å². The molecule has 0 unspecified atom stereocenters. The molecule has 2 fully saturated rings. The van der Waals surface area contributed by atoms with Crippen LogP contribution in [0.5, 0.6) is 0 Å². The Balaban J connectivity index is 1.93. The largest absolute Gasteiger partial charge is 0.313 e. The van der Waals surface area contributed by atoms with Crippen LogP contribution in [0.1, 0.15) is 12.8 Å². The lowest BCUT2D eigenvalue weighted by molar-refractivity contribution is 0.262. The maximum absolute atomic E-state index is 12.8. The van der Waals surface area contributed by atoms with Gasteiger partial charge in [-0.05, 0) is 18.8 Å². The van der Waals surface area contributed by atoms with Gasteiger partial charge in [-0.15, -0.1) is 0 Å². The normalized spacial score (nSPS) is 43.7. The third kappa shape index (κ3) is 0.960. The third-order valence-corrected chi connectivity index (χ3v) is 2.41. The molecule has 52 valence electrons. The van der Waals surface area contributed by atoms with Gasteiger partial charge in [-0.1, -0.05) is 0 Å². The molecule has 2 heteroatoms. The van der Waals surface area contributed by atoms with Crippen LogP contribution in [0, 0.1) is 11.8 Å². The Hall–Kier alpha value is -0.110. The Morgan fingerprint density at radius 1 is 1.22 bits per heavy atom. The van der Waals surface area contributed by atoms with Crippen molar-refractivity contribution in [3.8, 4) is 0 Å². The zero-order chi connectivity index (χ0) is 6.27. The molecule has 1 heterocycles. The molecule has 0 bridgehead atoms. The minimum absolute atomic E-state index is 0.366. The molecule has 0 aromatic rings. The Kier molecular flexibility index (Phi) is 1.22. The summed E-state index contributed by atoms with van der Waals surface area (Å²) >= 11 is 0. The Morgan fingerprint density at radius 3 is 2.44 bits per heavy atom. The number of nitrogens with one attached hydrogen (secondary N) is 1. The van der Waals surface area contributed by atoms with Crippen LogP contribution in [0.2, 0.25) is 0 Å². The zero-order valence-electron chi connectivity index (χ0n) is 5.44. The molecule has 0 aromatic carbocycles. The molecule has 9 heavy (non-hydrogen) atoms. The quantitative estimate of drug-likeness (QED) is 0.556. The van der Waals surface area contributed by atoms with E-state index in [9.17, 15) is 4.39 Å². The first-order valence-electron chi connectivity index (χ1n) is 3.72. The molecule has 1 nitrogen and oxygen atoms in total. The van der Waals surface area contributed by atoms with Crippen LogP contribution in [-0.4, -0.2) is 19.3 Å². The first-order valence-corrected chi connectivity index (χ1v) is 3.72. The molecule has 0 radical (unpaired) electrons. The van der Waals surface area contributed by atoms with Crippen LogP contribution in [0.3, 0.4) is 0 Å². The summed E-state index contributed by atoms with van der Waals surface area (Å²) < 4.78 is 12.8. The van der Waals surface area contributed by atoms with Gasteiger partial charge in [0.25, 0.3) is 0 Å². The molecule has 1 N–H and O–H groups in total. The van der Waals surface area contributed by atoms with E-state index in [-0.39, 0.29) is 0 Å². The second-order valence-electron chi connectivity index (χ2n) is 3.18. The fourth-order valence-electron chi connectivity index (χ4n) is 1.65. The standard InChI is InChI=1S/C7H12FN/c8-7-4-9-3-6(7)5-1-2-5/h5-7,9H,1-4H2/t6-,7+/m0/s1. The highest BCUT2D eigenvalue weighted by Gasteiger charge is 2.39. The molecular formula is C7H12FN. The maximum atomic E-state index is 12.8. The number of hydrogen-bond donors (Lipinski definition) is 1. The molecule has 0 spiro atoms. The van der Waals surface area contributed by atoms with E-state index in [4.69, 9.17) is 0 Å². The van der Waals surface area contributed by atoms with Gasteiger partial charge < -0.3 is 5.32 Å². The van der Waals surface area contributed by atoms with Crippen molar-refractivity contribution in [2.45, 2.75) is 19.0 Å². The van der Waals surface area contributed by atoms with E-state index >= 15 is 0 Å². The number of alkyl halides is 1. The van der Waals surface area contributed by atoms with Crippen molar-refractivity contribution in [1.29, 1.82) is 0 Å². The minimum Gasteiger partial charge on any atom is -0.313 e. The summed E-state index contributed by atoms with van der Waals surface area (Å²) in [6, 6.07) is 0. The predicted molar refractivity (Wildman–Crippen MR) is 34.0 cm³/mol. The lowest BCUT2D eigenvalue weighted by Crippen LogP contribution is -2.14. The lowest BCUT2D eigenvalue weighted by atomic mass is 10.0. The summed E-state index contributed by atoms with van der Waals surface area (Å²) in [6.45, 7) is 1.52. The average Bonchev–Trinajstić information content (AvgIpc) is 2.58. The Morgan fingerprint density at radius 2 is 2.00 bits per heavy atom. The van der Waals surface area contributed by atoms with Crippen molar-refractivity contribution in [2.24, 2.45) is 11.8 Å². The molecule has 0 amide bonds. The molecule has 1 aliphatic heterocycles.